The molecule has 0 aliphatic carbocycles. The van der Waals surface area contributed by atoms with Gasteiger partial charge in [0.2, 0.25) is 5.78 Å². The summed E-state index contributed by atoms with van der Waals surface area (Å²) in [4.78, 5) is 21.3. The Morgan fingerprint density at radius 1 is 1.31 bits per heavy atom. The zero-order valence-corrected chi connectivity index (χ0v) is 8.21. The first-order valence-electron chi connectivity index (χ1n) is 3.56. The predicted octanol–water partition coefficient (Wildman–Crippen LogP) is 0.514. The molecule has 0 N–H and O–H groups in total. The van der Waals surface area contributed by atoms with Gasteiger partial charge in [-0.05, 0) is 5.56 Å². The van der Waals surface area contributed by atoms with E-state index in [4.69, 9.17) is 0 Å². The average molecular weight is 242 g/mol. The van der Waals surface area contributed by atoms with Gasteiger partial charge in [-0.1, -0.05) is 40.2 Å². The molecule has 0 heterocycles. The highest BCUT2D eigenvalue weighted by Gasteiger charge is 2.10. The van der Waals surface area contributed by atoms with Crippen molar-refractivity contribution in [2.45, 2.75) is 5.33 Å². The maximum absolute atomic E-state index is 11.0. The average Bonchev–Trinajstić information content (AvgIpc) is 2.16. The van der Waals surface area contributed by atoms with Crippen LogP contribution in [-0.2, 0) is 10.1 Å². The first-order chi connectivity index (χ1) is 6.16. The van der Waals surface area contributed by atoms with Crippen LogP contribution in [0.15, 0.2) is 24.3 Å². The van der Waals surface area contributed by atoms with Crippen molar-refractivity contribution in [3.05, 3.63) is 35.4 Å². The van der Waals surface area contributed by atoms with Crippen LogP contribution in [0.2, 0.25) is 0 Å². The molecule has 1 aromatic rings. The number of hydrogen-bond donors (Lipinski definition) is 0. The third-order valence-electron chi connectivity index (χ3n) is 1.59. The Bertz CT molecular complexity index is 346. The maximum Gasteiger partial charge on any atom is 0.208 e. The molecule has 1 aromatic carbocycles. The standard InChI is InChI=1S/C9H7BrO3/c10-5-6-3-1-2-4-7(6)8(11)9(12)13/h1-4H,5H2,(H,12,13)/p-1. The Balaban J connectivity index is 3.13. The van der Waals surface area contributed by atoms with Crippen molar-refractivity contribution in [3.63, 3.8) is 0 Å². The monoisotopic (exact) mass is 241 g/mol. The Kier molecular flexibility index (Phi) is 3.19. The third kappa shape index (κ3) is 2.15. The van der Waals surface area contributed by atoms with Gasteiger partial charge in [0.15, 0.2) is 0 Å². The predicted molar refractivity (Wildman–Crippen MR) is 48.4 cm³/mol. The highest BCUT2D eigenvalue weighted by atomic mass is 79.9. The summed E-state index contributed by atoms with van der Waals surface area (Å²) in [6, 6.07) is 6.50. The van der Waals surface area contributed by atoms with Crippen molar-refractivity contribution in [1.29, 1.82) is 0 Å². The second kappa shape index (κ2) is 4.18. The zero-order valence-electron chi connectivity index (χ0n) is 6.62. The number of hydrogen-bond acceptors (Lipinski definition) is 3. The first kappa shape index (κ1) is 9.92. The summed E-state index contributed by atoms with van der Waals surface area (Å²) >= 11 is 3.16. The van der Waals surface area contributed by atoms with E-state index in [-0.39, 0.29) is 5.56 Å². The number of carboxylic acid groups (broad SMARTS) is 1. The molecule has 0 aliphatic rings. The van der Waals surface area contributed by atoms with Crippen LogP contribution in [0.5, 0.6) is 0 Å². The minimum absolute atomic E-state index is 0.180. The molecule has 0 aliphatic heterocycles. The largest absolute Gasteiger partial charge is 0.541 e. The number of rotatable bonds is 3. The molecule has 0 spiro atoms. The van der Waals surface area contributed by atoms with Crippen LogP contribution in [0.25, 0.3) is 0 Å². The van der Waals surface area contributed by atoms with Crippen LogP contribution < -0.4 is 5.11 Å². The van der Waals surface area contributed by atoms with Crippen LogP contribution in [0.4, 0.5) is 0 Å². The molecule has 13 heavy (non-hydrogen) atoms. The van der Waals surface area contributed by atoms with Gasteiger partial charge in [-0.15, -0.1) is 0 Å². The van der Waals surface area contributed by atoms with Crippen molar-refractivity contribution in [3.8, 4) is 0 Å². The topological polar surface area (TPSA) is 57.2 Å². The van der Waals surface area contributed by atoms with E-state index in [1.807, 2.05) is 0 Å². The second-order valence-electron chi connectivity index (χ2n) is 2.41. The lowest BCUT2D eigenvalue weighted by molar-refractivity contribution is -0.296. The zero-order chi connectivity index (χ0) is 9.84. The summed E-state index contributed by atoms with van der Waals surface area (Å²) in [6.07, 6.45) is 0. The number of benzene rings is 1. The van der Waals surface area contributed by atoms with Crippen LogP contribution in [-0.4, -0.2) is 11.8 Å². The van der Waals surface area contributed by atoms with E-state index < -0.39 is 11.8 Å². The fourth-order valence-corrected chi connectivity index (χ4v) is 1.46. The van der Waals surface area contributed by atoms with E-state index in [2.05, 4.69) is 15.9 Å². The SMILES string of the molecule is O=C([O-])C(=O)c1ccccc1CBr. The first-order valence-corrected chi connectivity index (χ1v) is 4.68. The lowest BCUT2D eigenvalue weighted by Crippen LogP contribution is -2.32. The molecule has 3 nitrogen and oxygen atoms in total. The van der Waals surface area contributed by atoms with E-state index in [0.717, 1.165) is 0 Å². The number of ketones is 1. The molecule has 0 fully saturated rings. The number of carbonyl (C=O) groups is 2. The van der Waals surface area contributed by atoms with Gasteiger partial charge in [0.1, 0.15) is 5.97 Å². The van der Waals surface area contributed by atoms with E-state index in [0.29, 0.717) is 10.9 Å². The van der Waals surface area contributed by atoms with Gasteiger partial charge in [0.05, 0.1) is 0 Å². The number of aliphatic carboxylic acids is 1. The molecule has 68 valence electrons. The summed E-state index contributed by atoms with van der Waals surface area (Å²) in [6.45, 7) is 0. The Hall–Kier alpha value is -1.16. The van der Waals surface area contributed by atoms with Gasteiger partial charge in [-0.3, -0.25) is 4.79 Å². The van der Waals surface area contributed by atoms with Crippen LogP contribution >= 0.6 is 15.9 Å². The van der Waals surface area contributed by atoms with Gasteiger partial charge in [-0.2, -0.15) is 0 Å². The van der Waals surface area contributed by atoms with Gasteiger partial charge in [0.25, 0.3) is 0 Å². The Morgan fingerprint density at radius 2 is 1.92 bits per heavy atom. The number of Topliss-reactive ketones (excluding diaryl/α,β-unsaturated/α-hetero) is 1. The van der Waals surface area contributed by atoms with E-state index >= 15 is 0 Å². The van der Waals surface area contributed by atoms with Crippen LogP contribution in [0.1, 0.15) is 15.9 Å². The summed E-state index contributed by atoms with van der Waals surface area (Å²) in [5.74, 6) is -2.65. The highest BCUT2D eigenvalue weighted by molar-refractivity contribution is 9.08. The highest BCUT2D eigenvalue weighted by Crippen LogP contribution is 2.12. The molecule has 0 atom stereocenters. The number of halogens is 1. The quantitative estimate of drug-likeness (QED) is 0.441. The van der Waals surface area contributed by atoms with E-state index in [1.54, 1.807) is 18.2 Å². The molecular weight excluding hydrogens is 236 g/mol. The molecule has 0 unspecified atom stereocenters. The van der Waals surface area contributed by atoms with Crippen molar-refractivity contribution in [2.75, 3.05) is 0 Å². The van der Waals surface area contributed by atoms with E-state index in [9.17, 15) is 14.7 Å². The van der Waals surface area contributed by atoms with Crippen molar-refractivity contribution in [2.24, 2.45) is 0 Å². The molecule has 1 rings (SSSR count). The molecular formula is C9H6BrO3-. The molecule has 0 amide bonds. The van der Waals surface area contributed by atoms with Gasteiger partial charge in [-0.25, -0.2) is 0 Å². The van der Waals surface area contributed by atoms with E-state index in [1.165, 1.54) is 6.07 Å². The second-order valence-corrected chi connectivity index (χ2v) is 2.97. The minimum Gasteiger partial charge on any atom is -0.541 e. The summed E-state index contributed by atoms with van der Waals surface area (Å²) in [5, 5.41) is 10.7. The molecule has 0 saturated heterocycles. The smallest absolute Gasteiger partial charge is 0.208 e. The molecule has 0 bridgehead atoms. The normalized spacial score (nSPS) is 9.62. The molecule has 0 radical (unpaired) electrons. The van der Waals surface area contributed by atoms with Crippen molar-refractivity contribution in [1.82, 2.24) is 0 Å². The van der Waals surface area contributed by atoms with Gasteiger partial charge >= 0.3 is 0 Å². The lowest BCUT2D eigenvalue weighted by Gasteiger charge is -2.05. The van der Waals surface area contributed by atoms with Crippen molar-refractivity contribution < 1.29 is 14.7 Å². The summed E-state index contributed by atoms with van der Waals surface area (Å²) in [5.41, 5.74) is 0.830. The molecule has 4 heteroatoms. The Morgan fingerprint density at radius 3 is 2.46 bits per heavy atom. The summed E-state index contributed by atoms with van der Waals surface area (Å²) in [7, 11) is 0. The summed E-state index contributed by atoms with van der Waals surface area (Å²) < 4.78 is 0. The third-order valence-corrected chi connectivity index (χ3v) is 2.20. The van der Waals surface area contributed by atoms with Gasteiger partial charge < -0.3 is 9.90 Å². The van der Waals surface area contributed by atoms with Crippen LogP contribution in [0, 0.1) is 0 Å². The fraction of sp³-hybridized carbons (Fsp3) is 0.111. The fourth-order valence-electron chi connectivity index (χ4n) is 0.968. The van der Waals surface area contributed by atoms with Gasteiger partial charge in [0, 0.05) is 10.9 Å². The minimum atomic E-state index is -1.67. The number of alkyl halides is 1. The van der Waals surface area contributed by atoms with Crippen LogP contribution in [0.3, 0.4) is 0 Å². The van der Waals surface area contributed by atoms with Crippen molar-refractivity contribution >= 4 is 27.7 Å². The Labute approximate surface area is 83.5 Å². The number of carbonyl (C=O) groups excluding carboxylic acids is 2. The lowest BCUT2D eigenvalue weighted by atomic mass is 10.1. The molecule has 0 aromatic heterocycles. The number of carboxylic acids is 1. The molecule has 0 saturated carbocycles. The maximum atomic E-state index is 11.0.